The van der Waals surface area contributed by atoms with Crippen molar-refractivity contribution >= 4 is 41.2 Å². The second-order valence-electron chi connectivity index (χ2n) is 9.16. The van der Waals surface area contributed by atoms with Crippen molar-refractivity contribution in [3.8, 4) is 17.2 Å². The van der Waals surface area contributed by atoms with Crippen LogP contribution in [-0.2, 0) is 24.9 Å². The minimum atomic E-state index is -1.23. The summed E-state index contributed by atoms with van der Waals surface area (Å²) >= 11 is 1.39. The Morgan fingerprint density at radius 2 is 1.54 bits per heavy atom. The van der Waals surface area contributed by atoms with Gasteiger partial charge in [0.2, 0.25) is 5.91 Å². The van der Waals surface area contributed by atoms with Crippen LogP contribution in [0.4, 0.5) is 5.69 Å². The van der Waals surface area contributed by atoms with Crippen molar-refractivity contribution in [2.75, 3.05) is 17.2 Å². The molecule has 11 heteroatoms. The highest BCUT2D eigenvalue weighted by Crippen LogP contribution is 2.23. The minimum absolute atomic E-state index is 0.113. The summed E-state index contributed by atoms with van der Waals surface area (Å²) in [4.78, 5) is 49.9. The van der Waals surface area contributed by atoms with Gasteiger partial charge in [0.15, 0.2) is 0 Å². The van der Waals surface area contributed by atoms with Gasteiger partial charge in [-0.05, 0) is 47.4 Å². The zero-order valence-corrected chi connectivity index (χ0v) is 22.9. The van der Waals surface area contributed by atoms with E-state index in [9.17, 15) is 24.3 Å². The summed E-state index contributed by atoms with van der Waals surface area (Å²) < 4.78 is 0. The normalized spacial score (nSPS) is 12.0. The molecule has 0 bridgehead atoms. The van der Waals surface area contributed by atoms with Crippen molar-refractivity contribution in [1.29, 1.82) is 5.26 Å². The number of carboxylic acid groups (broad SMARTS) is 2. The number of hydrogen-bond acceptors (Lipinski definition) is 7. The Hall–Kier alpha value is -4.66. The van der Waals surface area contributed by atoms with Gasteiger partial charge in [0.1, 0.15) is 18.6 Å². The van der Waals surface area contributed by atoms with E-state index in [-0.39, 0.29) is 18.6 Å². The van der Waals surface area contributed by atoms with Gasteiger partial charge >= 0.3 is 11.9 Å². The van der Waals surface area contributed by atoms with Crippen LogP contribution in [0.3, 0.4) is 0 Å². The number of anilines is 1. The number of nitrogens with two attached hydrogens (primary N) is 1. The fraction of sp³-hybridized carbons (Fsp3) is 0.233. The molecule has 10 nitrogen and oxygen atoms in total. The van der Waals surface area contributed by atoms with Gasteiger partial charge in [-0.1, -0.05) is 54.6 Å². The molecule has 0 aliphatic carbocycles. The van der Waals surface area contributed by atoms with E-state index in [1.807, 2.05) is 36.4 Å². The average molecular weight is 575 g/mol. The van der Waals surface area contributed by atoms with E-state index in [1.54, 1.807) is 42.5 Å². The van der Waals surface area contributed by atoms with Gasteiger partial charge < -0.3 is 21.3 Å². The maximum Gasteiger partial charge on any atom is 0.323 e. The maximum atomic E-state index is 13.5. The van der Waals surface area contributed by atoms with E-state index < -0.39 is 42.4 Å². The van der Waals surface area contributed by atoms with E-state index >= 15 is 0 Å². The van der Waals surface area contributed by atoms with Crippen molar-refractivity contribution in [2.45, 2.75) is 30.7 Å². The Bertz CT molecular complexity index is 1390. The molecule has 0 aliphatic rings. The number of para-hydroxylation sites is 1. The third kappa shape index (κ3) is 9.49. The van der Waals surface area contributed by atoms with Crippen molar-refractivity contribution in [1.82, 2.24) is 5.32 Å². The van der Waals surface area contributed by atoms with Crippen molar-refractivity contribution in [3.05, 3.63) is 90.0 Å². The Kier molecular flexibility index (Phi) is 11.5. The fourth-order valence-corrected chi connectivity index (χ4v) is 4.91. The first-order valence-corrected chi connectivity index (χ1v) is 13.9. The van der Waals surface area contributed by atoms with Gasteiger partial charge in [-0.3, -0.25) is 24.1 Å². The average Bonchev–Trinajstić information content (AvgIpc) is 2.98. The summed E-state index contributed by atoms with van der Waals surface area (Å²) in [6.45, 7) is -0.597. The van der Waals surface area contributed by atoms with E-state index in [4.69, 9.17) is 16.1 Å². The molecule has 1 unspecified atom stereocenters. The number of amides is 2. The molecule has 212 valence electrons. The van der Waals surface area contributed by atoms with E-state index in [0.717, 1.165) is 21.6 Å². The molecule has 5 N–H and O–H groups in total. The molecule has 0 aliphatic heterocycles. The largest absolute Gasteiger partial charge is 0.480 e. The lowest BCUT2D eigenvalue weighted by molar-refractivity contribution is -0.139. The van der Waals surface area contributed by atoms with Gasteiger partial charge in [0, 0.05) is 23.6 Å². The third-order valence-corrected chi connectivity index (χ3v) is 7.22. The van der Waals surface area contributed by atoms with Crippen LogP contribution in [0.25, 0.3) is 11.1 Å². The molecule has 3 aromatic carbocycles. The highest BCUT2D eigenvalue weighted by atomic mass is 32.2. The Morgan fingerprint density at radius 1 is 0.927 bits per heavy atom. The molecule has 0 saturated carbocycles. The van der Waals surface area contributed by atoms with Gasteiger partial charge in [-0.2, -0.15) is 17.0 Å². The monoisotopic (exact) mass is 574 g/mol. The number of aliphatic carboxylic acids is 2. The number of thioether (sulfide) groups is 1. The number of rotatable bonds is 14. The molecule has 0 radical (unpaired) electrons. The highest BCUT2D eigenvalue weighted by Gasteiger charge is 2.29. The molecule has 3 aromatic rings. The predicted molar refractivity (Wildman–Crippen MR) is 156 cm³/mol. The van der Waals surface area contributed by atoms with E-state index in [2.05, 4.69) is 11.4 Å². The second-order valence-corrected chi connectivity index (χ2v) is 10.2. The number of nitrogens with zero attached hydrogens (tertiary/aromatic N) is 2. The summed E-state index contributed by atoms with van der Waals surface area (Å²) in [7, 11) is 0. The molecule has 41 heavy (non-hydrogen) atoms. The number of carbonyl (C=O) groups is 4. The molecular weight excluding hydrogens is 544 g/mol. The Labute approximate surface area is 241 Å². The molecule has 2 atom stereocenters. The van der Waals surface area contributed by atoms with E-state index in [0.29, 0.717) is 17.0 Å². The summed E-state index contributed by atoms with van der Waals surface area (Å²) in [6.07, 6.45) is -0.318. The van der Waals surface area contributed by atoms with Crippen LogP contribution in [-0.4, -0.2) is 58.3 Å². The number of carbonyl (C=O) groups excluding carboxylic acids is 2. The van der Waals surface area contributed by atoms with Crippen LogP contribution in [0.5, 0.6) is 0 Å². The topological polar surface area (TPSA) is 174 Å². The van der Waals surface area contributed by atoms with Crippen molar-refractivity contribution in [3.63, 3.8) is 0 Å². The van der Waals surface area contributed by atoms with E-state index in [1.165, 1.54) is 11.8 Å². The molecule has 0 saturated heterocycles. The highest BCUT2D eigenvalue weighted by molar-refractivity contribution is 7.98. The number of nitrogens with one attached hydrogen (secondary N) is 1. The molecule has 2 amide bonds. The second kappa shape index (κ2) is 15.2. The van der Waals surface area contributed by atoms with Gasteiger partial charge in [-0.25, -0.2) is 0 Å². The smallest absolute Gasteiger partial charge is 0.323 e. The van der Waals surface area contributed by atoms with Crippen LogP contribution in [0.1, 0.15) is 24.0 Å². The summed E-state index contributed by atoms with van der Waals surface area (Å²) in [5.41, 5.74) is 9.38. The first kappa shape index (κ1) is 30.9. The fourth-order valence-electron chi connectivity index (χ4n) is 3.90. The quantitative estimate of drug-likeness (QED) is 0.225. The maximum absolute atomic E-state index is 13.5. The first-order valence-electron chi connectivity index (χ1n) is 12.7. The molecule has 0 aromatic heterocycles. The summed E-state index contributed by atoms with van der Waals surface area (Å²) in [5, 5.41) is 30.1. The zero-order chi connectivity index (χ0) is 29.8. The Balaban J connectivity index is 1.71. The lowest BCUT2D eigenvalue weighted by atomic mass is 10.0. The standard InChI is InChI=1S/C30H30N4O6S/c31-16-20-6-10-22(11-7-20)23-12-8-21(9-13-23)18-41-19-26(33-27(35)15-14-25(32)30(39)40)29(38)34(17-28(36)37)24-4-2-1-3-5-24/h1-13,25-26H,14-15,17-19,32H2,(H,33,35)(H,36,37)(H,39,40)/t25?,26-/m0/s1. The minimum Gasteiger partial charge on any atom is -0.480 e. The SMILES string of the molecule is N#Cc1ccc(-c2ccc(CSC[C@H](NC(=O)CCC(N)C(=O)O)C(=O)N(CC(=O)O)c3ccccc3)cc2)cc1. The molecule has 0 fully saturated rings. The van der Waals surface area contributed by atoms with Crippen LogP contribution >= 0.6 is 11.8 Å². The van der Waals surface area contributed by atoms with Gasteiger partial charge in [-0.15, -0.1) is 0 Å². The van der Waals surface area contributed by atoms with Crippen LogP contribution < -0.4 is 16.0 Å². The third-order valence-electron chi connectivity index (χ3n) is 6.11. The van der Waals surface area contributed by atoms with Crippen LogP contribution in [0, 0.1) is 11.3 Å². The number of carboxylic acids is 2. The molecule has 0 spiro atoms. The summed E-state index contributed by atoms with van der Waals surface area (Å²) in [6, 6.07) is 23.2. The first-order chi connectivity index (χ1) is 19.7. The lowest BCUT2D eigenvalue weighted by Crippen LogP contribution is -2.51. The number of benzene rings is 3. The molecule has 3 rings (SSSR count). The predicted octanol–water partition coefficient (Wildman–Crippen LogP) is 3.25. The zero-order valence-electron chi connectivity index (χ0n) is 22.1. The van der Waals surface area contributed by atoms with Gasteiger partial charge in [0.25, 0.3) is 5.91 Å². The molecule has 0 heterocycles. The number of nitriles is 1. The molecular formula is C30H30N4O6S. The lowest BCUT2D eigenvalue weighted by Gasteiger charge is -2.27. The summed E-state index contributed by atoms with van der Waals surface area (Å²) in [5.74, 6) is -2.94. The number of hydrogen-bond donors (Lipinski definition) is 4. The van der Waals surface area contributed by atoms with Crippen molar-refractivity contribution < 1.29 is 29.4 Å². The van der Waals surface area contributed by atoms with Crippen LogP contribution in [0.15, 0.2) is 78.9 Å². The van der Waals surface area contributed by atoms with Gasteiger partial charge in [0.05, 0.1) is 11.6 Å². The van der Waals surface area contributed by atoms with Crippen molar-refractivity contribution in [2.24, 2.45) is 5.73 Å². The van der Waals surface area contributed by atoms with Crippen LogP contribution in [0.2, 0.25) is 0 Å². The Morgan fingerprint density at radius 3 is 2.10 bits per heavy atom.